The number of rotatable bonds is 7. The third kappa shape index (κ3) is 4.40. The first-order chi connectivity index (χ1) is 17.3. The van der Waals surface area contributed by atoms with Crippen LogP contribution in [0.25, 0.3) is 10.9 Å². The zero-order valence-electron chi connectivity index (χ0n) is 19.5. The van der Waals surface area contributed by atoms with E-state index in [9.17, 15) is 18.8 Å². The van der Waals surface area contributed by atoms with Crippen LogP contribution in [0.1, 0.15) is 5.56 Å². The normalized spacial score (nSPS) is 17.0. The molecule has 2 aliphatic rings. The van der Waals surface area contributed by atoms with Crippen molar-refractivity contribution < 1.29 is 28.2 Å². The minimum absolute atomic E-state index is 0.0122. The quantitative estimate of drug-likeness (QED) is 0.459. The van der Waals surface area contributed by atoms with Crippen LogP contribution in [0.3, 0.4) is 0 Å². The van der Waals surface area contributed by atoms with E-state index in [1.165, 1.54) is 27.8 Å². The maximum absolute atomic E-state index is 14.5. The Bertz CT molecular complexity index is 1430. The Balaban J connectivity index is 1.17. The molecule has 2 amide bonds. The second-order valence-electron chi connectivity index (χ2n) is 8.39. The molecule has 3 aromatic rings. The Morgan fingerprint density at radius 3 is 2.97 bits per heavy atom. The van der Waals surface area contributed by atoms with E-state index in [2.05, 4.69) is 20.6 Å². The number of hydrogen-bond acceptors (Lipinski definition) is 9. The van der Waals surface area contributed by atoms with Gasteiger partial charge in [0.25, 0.3) is 17.3 Å². The molecule has 0 saturated carbocycles. The molecule has 13 heteroatoms. The highest BCUT2D eigenvalue weighted by atomic mass is 19.1. The maximum atomic E-state index is 14.5. The van der Waals surface area contributed by atoms with Crippen LogP contribution in [0.5, 0.6) is 11.6 Å². The van der Waals surface area contributed by atoms with Crippen molar-refractivity contribution in [2.75, 3.05) is 43.1 Å². The maximum Gasteiger partial charge on any atom is 0.416 e. The number of amides is 2. The fourth-order valence-electron chi connectivity index (χ4n) is 4.10. The number of hydrogen-bond donors (Lipinski definition) is 2. The minimum atomic E-state index is -0.593. The fourth-order valence-corrected chi connectivity index (χ4v) is 4.10. The molecule has 4 heterocycles. The minimum Gasteiger partial charge on any atom is -0.487 e. The Kier molecular flexibility index (Phi) is 6.14. The average Bonchev–Trinajstić information content (AvgIpc) is 3.22. The van der Waals surface area contributed by atoms with Crippen LogP contribution in [-0.4, -0.2) is 65.5 Å². The van der Waals surface area contributed by atoms with Crippen molar-refractivity contribution in [3.8, 4) is 11.6 Å². The first-order valence-corrected chi connectivity index (χ1v) is 11.2. The molecular formula is C23H23FN6O6. The van der Waals surface area contributed by atoms with Gasteiger partial charge in [-0.2, -0.15) is 0 Å². The molecule has 1 fully saturated rings. The van der Waals surface area contributed by atoms with Crippen LogP contribution in [0.2, 0.25) is 0 Å². The Labute approximate surface area is 204 Å². The molecule has 188 valence electrons. The van der Waals surface area contributed by atoms with Crippen molar-refractivity contribution >= 4 is 34.5 Å². The molecule has 5 rings (SSSR count). The molecule has 0 radical (unpaired) electrons. The van der Waals surface area contributed by atoms with E-state index in [4.69, 9.17) is 14.2 Å². The lowest BCUT2D eigenvalue weighted by Gasteiger charge is -2.18. The number of halogens is 1. The molecule has 1 aromatic carbocycles. The van der Waals surface area contributed by atoms with E-state index < -0.39 is 18.0 Å². The lowest BCUT2D eigenvalue weighted by atomic mass is 10.1. The predicted octanol–water partition coefficient (Wildman–Crippen LogP) is 1.10. The number of fused-ring (bicyclic) bond motifs is 2. The number of cyclic esters (lactones) is 1. The first-order valence-electron chi connectivity index (χ1n) is 11.2. The van der Waals surface area contributed by atoms with Gasteiger partial charge in [-0.15, -0.1) is 0 Å². The number of carbonyl (C=O) groups is 2. The standard InChI is InChI=1S/C23H23FN6O6/c1-12-7-18(32)29(2)19-14(12)3-4-15(24)20(19)34-6-5-25-8-13-10-30(23(33)36-13)16-9-26-22-21(27-16)28-17(31)11-35-22/h3-4,7,9,13,25H,5-6,8,10-11H2,1-2H3,(H,27,28,31). The number of ether oxygens (including phenoxy) is 3. The van der Waals surface area contributed by atoms with E-state index in [1.807, 2.05) is 0 Å². The number of aromatic nitrogens is 3. The van der Waals surface area contributed by atoms with Crippen LogP contribution in [0.15, 0.2) is 29.2 Å². The molecular weight excluding hydrogens is 475 g/mol. The third-order valence-electron chi connectivity index (χ3n) is 5.89. The predicted molar refractivity (Wildman–Crippen MR) is 126 cm³/mol. The number of anilines is 2. The number of nitrogens with zero attached hydrogens (tertiary/aromatic N) is 4. The molecule has 0 bridgehead atoms. The SMILES string of the molecule is Cc1cc(=O)n(C)c2c(OCCNCC3CN(c4cnc5c(n4)NC(=O)CO5)C(=O)O3)c(F)ccc12. The van der Waals surface area contributed by atoms with E-state index in [0.29, 0.717) is 18.6 Å². The Morgan fingerprint density at radius 2 is 2.14 bits per heavy atom. The van der Waals surface area contributed by atoms with Gasteiger partial charge in [-0.25, -0.2) is 19.2 Å². The molecule has 36 heavy (non-hydrogen) atoms. The summed E-state index contributed by atoms with van der Waals surface area (Å²) in [7, 11) is 1.57. The van der Waals surface area contributed by atoms with Gasteiger partial charge < -0.3 is 29.4 Å². The van der Waals surface area contributed by atoms with Crippen molar-refractivity contribution in [3.05, 3.63) is 46.1 Å². The highest BCUT2D eigenvalue weighted by Gasteiger charge is 2.34. The summed E-state index contributed by atoms with van der Waals surface area (Å²) in [5.74, 6) is -0.356. The van der Waals surface area contributed by atoms with Gasteiger partial charge in [0.15, 0.2) is 29.8 Å². The summed E-state index contributed by atoms with van der Waals surface area (Å²) in [4.78, 5) is 45.6. The fraction of sp³-hybridized carbons (Fsp3) is 0.348. The lowest BCUT2D eigenvalue weighted by Crippen LogP contribution is -2.33. The average molecular weight is 498 g/mol. The molecule has 1 atom stereocenters. The highest BCUT2D eigenvalue weighted by Crippen LogP contribution is 2.30. The molecule has 1 unspecified atom stereocenters. The molecule has 0 spiro atoms. The highest BCUT2D eigenvalue weighted by molar-refractivity contribution is 5.94. The van der Waals surface area contributed by atoms with Crippen molar-refractivity contribution in [3.63, 3.8) is 0 Å². The number of aryl methyl sites for hydroxylation is 2. The smallest absolute Gasteiger partial charge is 0.416 e. The van der Waals surface area contributed by atoms with Gasteiger partial charge >= 0.3 is 6.09 Å². The van der Waals surface area contributed by atoms with Crippen molar-refractivity contribution in [1.29, 1.82) is 0 Å². The van der Waals surface area contributed by atoms with Crippen LogP contribution < -0.4 is 30.6 Å². The van der Waals surface area contributed by atoms with E-state index in [1.54, 1.807) is 20.0 Å². The van der Waals surface area contributed by atoms with E-state index >= 15 is 0 Å². The van der Waals surface area contributed by atoms with Gasteiger partial charge in [-0.3, -0.25) is 14.5 Å². The van der Waals surface area contributed by atoms with Crippen molar-refractivity contribution in [1.82, 2.24) is 19.9 Å². The molecule has 1 saturated heterocycles. The number of carbonyl (C=O) groups excluding carboxylic acids is 2. The zero-order valence-corrected chi connectivity index (χ0v) is 19.5. The zero-order chi connectivity index (χ0) is 25.4. The number of pyridine rings is 1. The lowest BCUT2D eigenvalue weighted by molar-refractivity contribution is -0.118. The van der Waals surface area contributed by atoms with Gasteiger partial charge in [0, 0.05) is 31.6 Å². The largest absolute Gasteiger partial charge is 0.487 e. The Hall–Kier alpha value is -4.26. The van der Waals surface area contributed by atoms with Gasteiger partial charge in [0.2, 0.25) is 0 Å². The summed E-state index contributed by atoms with van der Waals surface area (Å²) in [5.41, 5.74) is 0.884. The van der Waals surface area contributed by atoms with Crippen LogP contribution >= 0.6 is 0 Å². The monoisotopic (exact) mass is 498 g/mol. The summed E-state index contributed by atoms with van der Waals surface area (Å²) in [6, 6.07) is 4.44. The van der Waals surface area contributed by atoms with Crippen LogP contribution in [0, 0.1) is 12.7 Å². The van der Waals surface area contributed by atoms with Crippen molar-refractivity contribution in [2.45, 2.75) is 13.0 Å². The van der Waals surface area contributed by atoms with Crippen LogP contribution in [-0.2, 0) is 16.6 Å². The van der Waals surface area contributed by atoms with Gasteiger partial charge in [-0.05, 0) is 24.6 Å². The van der Waals surface area contributed by atoms with Gasteiger partial charge in [0.05, 0.1) is 18.3 Å². The summed E-state index contributed by atoms with van der Waals surface area (Å²) < 4.78 is 32.1. The van der Waals surface area contributed by atoms with Gasteiger partial charge in [0.1, 0.15) is 12.7 Å². The third-order valence-corrected chi connectivity index (χ3v) is 5.89. The number of nitrogens with one attached hydrogen (secondary N) is 2. The second kappa shape index (κ2) is 9.41. The first kappa shape index (κ1) is 23.5. The molecule has 0 aliphatic carbocycles. The van der Waals surface area contributed by atoms with E-state index in [0.717, 1.165) is 10.9 Å². The summed E-state index contributed by atoms with van der Waals surface area (Å²) in [6.07, 6.45) is 0.304. The van der Waals surface area contributed by atoms with Crippen molar-refractivity contribution in [2.24, 2.45) is 7.05 Å². The van der Waals surface area contributed by atoms with E-state index in [-0.39, 0.29) is 54.5 Å². The summed E-state index contributed by atoms with van der Waals surface area (Å²) in [6.45, 7) is 2.64. The molecule has 2 aromatic heterocycles. The molecule has 2 aliphatic heterocycles. The Morgan fingerprint density at radius 1 is 1.31 bits per heavy atom. The second-order valence-corrected chi connectivity index (χ2v) is 8.39. The molecule has 2 N–H and O–H groups in total. The topological polar surface area (TPSA) is 137 Å². The van der Waals surface area contributed by atoms with Gasteiger partial charge in [-0.1, -0.05) is 0 Å². The van der Waals surface area contributed by atoms with Crippen LogP contribution in [0.4, 0.5) is 20.8 Å². The summed E-state index contributed by atoms with van der Waals surface area (Å²) >= 11 is 0. The number of benzene rings is 1. The summed E-state index contributed by atoms with van der Waals surface area (Å²) in [5, 5.41) is 6.40. The molecule has 12 nitrogen and oxygen atoms in total.